The second kappa shape index (κ2) is 7.91. The molecule has 0 aromatic heterocycles. The zero-order chi connectivity index (χ0) is 13.5. The fourth-order valence-electron chi connectivity index (χ4n) is 2.52. The van der Waals surface area contributed by atoms with Gasteiger partial charge in [-0.25, -0.2) is 0 Å². The van der Waals surface area contributed by atoms with Gasteiger partial charge in [0.25, 0.3) is 0 Å². The van der Waals surface area contributed by atoms with Gasteiger partial charge in [0.05, 0.1) is 10.6 Å². The van der Waals surface area contributed by atoms with Crippen molar-refractivity contribution >= 4 is 15.9 Å². The number of rotatable bonds is 6. The highest BCUT2D eigenvalue weighted by Crippen LogP contribution is 2.30. The average Bonchev–Trinajstić information content (AvgIpc) is 2.43. The Hall–Kier alpha value is -0.540. The minimum absolute atomic E-state index is 0.411. The van der Waals surface area contributed by atoms with Gasteiger partial charge in [-0.3, -0.25) is 0 Å². The van der Waals surface area contributed by atoms with Gasteiger partial charge < -0.3 is 10.1 Å². The minimum Gasteiger partial charge on any atom is -0.489 e. The molecular formula is C16H24BrNO. The van der Waals surface area contributed by atoms with Gasteiger partial charge in [0, 0.05) is 6.54 Å². The highest BCUT2D eigenvalue weighted by atomic mass is 79.9. The van der Waals surface area contributed by atoms with E-state index in [0.29, 0.717) is 6.10 Å². The van der Waals surface area contributed by atoms with Crippen molar-refractivity contribution in [1.29, 1.82) is 0 Å². The van der Waals surface area contributed by atoms with Crippen LogP contribution in [-0.2, 0) is 6.54 Å². The largest absolute Gasteiger partial charge is 0.489 e. The van der Waals surface area contributed by atoms with Gasteiger partial charge in [-0.15, -0.1) is 0 Å². The summed E-state index contributed by atoms with van der Waals surface area (Å²) in [7, 11) is 0. The first-order valence-corrected chi connectivity index (χ1v) is 8.24. The molecular weight excluding hydrogens is 302 g/mol. The molecule has 3 heteroatoms. The first-order chi connectivity index (χ1) is 9.29. The molecule has 0 saturated heterocycles. The Bertz CT molecular complexity index is 388. The molecule has 1 aromatic carbocycles. The summed E-state index contributed by atoms with van der Waals surface area (Å²) >= 11 is 3.63. The topological polar surface area (TPSA) is 21.3 Å². The molecule has 19 heavy (non-hydrogen) atoms. The van der Waals surface area contributed by atoms with Crippen LogP contribution >= 0.6 is 15.9 Å². The second-order valence-corrected chi connectivity index (χ2v) is 6.17. The quantitative estimate of drug-likeness (QED) is 0.768. The third kappa shape index (κ3) is 4.81. The number of ether oxygens (including phenoxy) is 1. The van der Waals surface area contributed by atoms with E-state index in [4.69, 9.17) is 4.74 Å². The second-order valence-electron chi connectivity index (χ2n) is 5.32. The van der Waals surface area contributed by atoms with E-state index >= 15 is 0 Å². The zero-order valence-electron chi connectivity index (χ0n) is 11.8. The van der Waals surface area contributed by atoms with Gasteiger partial charge in [-0.2, -0.15) is 0 Å². The average molecular weight is 326 g/mol. The molecule has 0 amide bonds. The van der Waals surface area contributed by atoms with Crippen molar-refractivity contribution < 1.29 is 4.74 Å². The van der Waals surface area contributed by atoms with Crippen molar-refractivity contribution in [3.05, 3.63) is 28.2 Å². The van der Waals surface area contributed by atoms with Crippen LogP contribution in [0.25, 0.3) is 0 Å². The molecule has 1 saturated carbocycles. The first kappa shape index (κ1) is 14.9. The molecule has 0 aliphatic heterocycles. The Balaban J connectivity index is 1.90. The molecule has 1 aliphatic rings. The predicted molar refractivity (Wildman–Crippen MR) is 83.6 cm³/mol. The molecule has 0 unspecified atom stereocenters. The van der Waals surface area contributed by atoms with E-state index in [2.05, 4.69) is 46.4 Å². The van der Waals surface area contributed by atoms with Crippen LogP contribution in [0.5, 0.6) is 5.75 Å². The van der Waals surface area contributed by atoms with Crippen molar-refractivity contribution in [2.45, 2.75) is 58.1 Å². The highest BCUT2D eigenvalue weighted by Gasteiger charge is 2.16. The van der Waals surface area contributed by atoms with Gasteiger partial charge >= 0.3 is 0 Å². The SMILES string of the molecule is CCCNCc1ccc(OC2CCCCC2)c(Br)c1. The van der Waals surface area contributed by atoms with Crippen LogP contribution in [0.3, 0.4) is 0 Å². The summed E-state index contributed by atoms with van der Waals surface area (Å²) in [5, 5.41) is 3.42. The van der Waals surface area contributed by atoms with E-state index in [1.54, 1.807) is 0 Å². The summed E-state index contributed by atoms with van der Waals surface area (Å²) in [4.78, 5) is 0. The smallest absolute Gasteiger partial charge is 0.133 e. The lowest BCUT2D eigenvalue weighted by Crippen LogP contribution is -2.20. The van der Waals surface area contributed by atoms with Crippen LogP contribution in [0.2, 0.25) is 0 Å². The van der Waals surface area contributed by atoms with Crippen molar-refractivity contribution in [2.75, 3.05) is 6.54 Å². The summed E-state index contributed by atoms with van der Waals surface area (Å²) < 4.78 is 7.18. The van der Waals surface area contributed by atoms with Crippen molar-refractivity contribution in [1.82, 2.24) is 5.32 Å². The van der Waals surface area contributed by atoms with Crippen LogP contribution in [0, 0.1) is 0 Å². The van der Waals surface area contributed by atoms with Crippen LogP contribution < -0.4 is 10.1 Å². The number of nitrogens with one attached hydrogen (secondary N) is 1. The van der Waals surface area contributed by atoms with E-state index in [9.17, 15) is 0 Å². The van der Waals surface area contributed by atoms with E-state index in [1.165, 1.54) is 44.1 Å². The predicted octanol–water partition coefficient (Wildman–Crippen LogP) is 4.66. The molecule has 1 N–H and O–H groups in total. The van der Waals surface area contributed by atoms with Gasteiger partial charge in [-0.05, 0) is 72.3 Å². The summed E-state index contributed by atoms with van der Waals surface area (Å²) in [6.07, 6.45) is 7.96. The summed E-state index contributed by atoms with van der Waals surface area (Å²) in [6.45, 7) is 4.18. The van der Waals surface area contributed by atoms with Gasteiger partial charge in [0.1, 0.15) is 5.75 Å². The molecule has 2 rings (SSSR count). The lowest BCUT2D eigenvalue weighted by molar-refractivity contribution is 0.154. The lowest BCUT2D eigenvalue weighted by atomic mass is 9.98. The molecule has 0 heterocycles. The van der Waals surface area contributed by atoms with E-state index < -0.39 is 0 Å². The Morgan fingerprint density at radius 2 is 2.05 bits per heavy atom. The lowest BCUT2D eigenvalue weighted by Gasteiger charge is -2.23. The molecule has 0 radical (unpaired) electrons. The van der Waals surface area contributed by atoms with E-state index in [-0.39, 0.29) is 0 Å². The van der Waals surface area contributed by atoms with Crippen LogP contribution in [-0.4, -0.2) is 12.6 Å². The maximum absolute atomic E-state index is 6.10. The maximum atomic E-state index is 6.10. The number of hydrogen-bond donors (Lipinski definition) is 1. The Morgan fingerprint density at radius 3 is 2.74 bits per heavy atom. The van der Waals surface area contributed by atoms with Gasteiger partial charge in [-0.1, -0.05) is 19.4 Å². The fraction of sp³-hybridized carbons (Fsp3) is 0.625. The number of hydrogen-bond acceptors (Lipinski definition) is 2. The zero-order valence-corrected chi connectivity index (χ0v) is 13.3. The summed E-state index contributed by atoms with van der Waals surface area (Å²) in [6, 6.07) is 6.42. The number of halogens is 1. The van der Waals surface area contributed by atoms with Crippen LogP contribution in [0.4, 0.5) is 0 Å². The summed E-state index contributed by atoms with van der Waals surface area (Å²) in [5.41, 5.74) is 1.30. The number of benzene rings is 1. The van der Waals surface area contributed by atoms with Crippen LogP contribution in [0.15, 0.2) is 22.7 Å². The Morgan fingerprint density at radius 1 is 1.26 bits per heavy atom. The van der Waals surface area contributed by atoms with E-state index in [1.807, 2.05) is 0 Å². The van der Waals surface area contributed by atoms with Crippen molar-refractivity contribution in [3.63, 3.8) is 0 Å². The normalized spacial score (nSPS) is 16.5. The summed E-state index contributed by atoms with van der Waals surface area (Å²) in [5.74, 6) is 0.992. The Labute approximate surface area is 125 Å². The van der Waals surface area contributed by atoms with Gasteiger partial charge in [0.2, 0.25) is 0 Å². The highest BCUT2D eigenvalue weighted by molar-refractivity contribution is 9.10. The molecule has 0 bridgehead atoms. The third-order valence-electron chi connectivity index (χ3n) is 3.60. The fourth-order valence-corrected chi connectivity index (χ4v) is 3.04. The Kier molecular flexibility index (Phi) is 6.18. The van der Waals surface area contributed by atoms with Crippen molar-refractivity contribution in [2.24, 2.45) is 0 Å². The monoisotopic (exact) mass is 325 g/mol. The molecule has 2 nitrogen and oxygen atoms in total. The third-order valence-corrected chi connectivity index (χ3v) is 4.22. The molecule has 106 valence electrons. The minimum atomic E-state index is 0.411. The molecule has 0 spiro atoms. The van der Waals surface area contributed by atoms with Crippen molar-refractivity contribution in [3.8, 4) is 5.75 Å². The first-order valence-electron chi connectivity index (χ1n) is 7.45. The standard InChI is InChI=1S/C16H24BrNO/c1-2-10-18-12-13-8-9-16(15(17)11-13)19-14-6-4-3-5-7-14/h8-9,11,14,18H,2-7,10,12H2,1H3. The molecule has 1 fully saturated rings. The van der Waals surface area contributed by atoms with E-state index in [0.717, 1.165) is 23.3 Å². The molecule has 1 aromatic rings. The molecule has 0 atom stereocenters. The van der Waals surface area contributed by atoms with Crippen LogP contribution in [0.1, 0.15) is 51.0 Å². The maximum Gasteiger partial charge on any atom is 0.133 e. The molecule has 1 aliphatic carbocycles. The van der Waals surface area contributed by atoms with Gasteiger partial charge in [0.15, 0.2) is 0 Å².